The number of fused-ring (bicyclic) bond motifs is 1. The fraction of sp³-hybridized carbons (Fsp3) is 0.312. The lowest BCUT2D eigenvalue weighted by Crippen LogP contribution is -2.30. The van der Waals surface area contributed by atoms with Gasteiger partial charge in [0, 0.05) is 18.7 Å². The molecule has 1 fully saturated rings. The van der Waals surface area contributed by atoms with E-state index in [0.717, 1.165) is 27.3 Å². The third-order valence-electron chi connectivity index (χ3n) is 3.98. The molecule has 118 valence electrons. The molecule has 6 nitrogen and oxygen atoms in total. The minimum absolute atomic E-state index is 0.151. The van der Waals surface area contributed by atoms with Crippen molar-refractivity contribution in [1.29, 1.82) is 0 Å². The number of aromatic nitrogens is 3. The minimum Gasteiger partial charge on any atom is -0.322 e. The van der Waals surface area contributed by atoms with E-state index in [2.05, 4.69) is 26.6 Å². The van der Waals surface area contributed by atoms with Crippen LogP contribution in [0.5, 0.6) is 0 Å². The third-order valence-corrected chi connectivity index (χ3v) is 4.79. The second-order valence-electron chi connectivity index (χ2n) is 5.91. The van der Waals surface area contributed by atoms with E-state index in [9.17, 15) is 4.79 Å². The van der Waals surface area contributed by atoms with E-state index in [0.29, 0.717) is 12.5 Å². The van der Waals surface area contributed by atoms with Crippen LogP contribution in [0.1, 0.15) is 30.1 Å². The number of carbonyl (C=O) groups excluding carboxylic acids is 1. The summed E-state index contributed by atoms with van der Waals surface area (Å²) in [6.45, 7) is 0.504. The van der Waals surface area contributed by atoms with Crippen molar-refractivity contribution in [3.63, 3.8) is 0 Å². The highest BCUT2D eigenvalue weighted by atomic mass is 32.1. The highest BCUT2D eigenvalue weighted by Crippen LogP contribution is 2.39. The Kier molecular flexibility index (Phi) is 3.49. The molecule has 1 aliphatic carbocycles. The van der Waals surface area contributed by atoms with Gasteiger partial charge >= 0.3 is 6.03 Å². The summed E-state index contributed by atoms with van der Waals surface area (Å²) in [7, 11) is 1.77. The van der Waals surface area contributed by atoms with E-state index in [1.165, 1.54) is 12.8 Å². The molecule has 0 radical (unpaired) electrons. The maximum absolute atomic E-state index is 12.3. The van der Waals surface area contributed by atoms with Crippen LogP contribution in [0.2, 0.25) is 0 Å². The average Bonchev–Trinajstić information content (AvgIpc) is 3.11. The fourth-order valence-corrected chi connectivity index (χ4v) is 3.19. The van der Waals surface area contributed by atoms with E-state index < -0.39 is 0 Å². The van der Waals surface area contributed by atoms with Crippen LogP contribution in [0.25, 0.3) is 10.2 Å². The Morgan fingerprint density at radius 2 is 2.30 bits per heavy atom. The van der Waals surface area contributed by atoms with Gasteiger partial charge in [0.05, 0.1) is 33.7 Å². The van der Waals surface area contributed by atoms with Crippen LogP contribution in [0, 0.1) is 0 Å². The smallest absolute Gasteiger partial charge is 0.321 e. The largest absolute Gasteiger partial charge is 0.322 e. The van der Waals surface area contributed by atoms with Gasteiger partial charge in [-0.2, -0.15) is 5.10 Å². The fourth-order valence-electron chi connectivity index (χ4n) is 2.53. The van der Waals surface area contributed by atoms with Crippen molar-refractivity contribution in [2.75, 3.05) is 12.4 Å². The highest BCUT2D eigenvalue weighted by Gasteiger charge is 2.26. The molecule has 0 saturated heterocycles. The van der Waals surface area contributed by atoms with E-state index in [4.69, 9.17) is 0 Å². The molecule has 7 heteroatoms. The van der Waals surface area contributed by atoms with Crippen LogP contribution in [-0.2, 0) is 6.54 Å². The topological polar surface area (TPSA) is 73.9 Å². The predicted octanol–water partition coefficient (Wildman–Crippen LogP) is 3.56. The number of H-pyrrole nitrogens is 1. The molecule has 0 atom stereocenters. The maximum atomic E-state index is 12.3. The Balaban J connectivity index is 1.40. The number of rotatable bonds is 4. The van der Waals surface area contributed by atoms with Crippen molar-refractivity contribution in [1.82, 2.24) is 20.1 Å². The second kappa shape index (κ2) is 5.66. The van der Waals surface area contributed by atoms with Crippen molar-refractivity contribution in [2.45, 2.75) is 25.3 Å². The number of amides is 2. The van der Waals surface area contributed by atoms with Gasteiger partial charge in [-0.15, -0.1) is 11.3 Å². The van der Waals surface area contributed by atoms with Crippen molar-refractivity contribution < 1.29 is 4.79 Å². The second-order valence-corrected chi connectivity index (χ2v) is 6.80. The SMILES string of the molecule is CN(Cc1cc(C2CC2)n[nH]1)C(=O)Nc1ccc2scnc2c1. The summed E-state index contributed by atoms with van der Waals surface area (Å²) in [4.78, 5) is 18.2. The number of anilines is 1. The van der Waals surface area contributed by atoms with E-state index in [-0.39, 0.29) is 6.03 Å². The molecule has 23 heavy (non-hydrogen) atoms. The number of hydrogen-bond donors (Lipinski definition) is 2. The van der Waals surface area contributed by atoms with Gasteiger partial charge in [-0.25, -0.2) is 9.78 Å². The molecule has 2 N–H and O–H groups in total. The van der Waals surface area contributed by atoms with Gasteiger partial charge in [0.2, 0.25) is 0 Å². The lowest BCUT2D eigenvalue weighted by atomic mass is 10.2. The van der Waals surface area contributed by atoms with Crippen LogP contribution in [0.4, 0.5) is 10.5 Å². The van der Waals surface area contributed by atoms with Gasteiger partial charge < -0.3 is 10.2 Å². The highest BCUT2D eigenvalue weighted by molar-refractivity contribution is 7.16. The Bertz CT molecular complexity index is 851. The molecule has 4 rings (SSSR count). The van der Waals surface area contributed by atoms with Crippen LogP contribution < -0.4 is 5.32 Å². The molecule has 2 heterocycles. The standard InChI is InChI=1S/C16H17N5OS/c1-21(8-12-7-13(20-19-12)10-2-3-10)16(22)18-11-4-5-15-14(6-11)17-9-23-15/h4-7,9-10H,2-3,8H2,1H3,(H,18,22)(H,19,20). The number of nitrogens with zero attached hydrogens (tertiary/aromatic N) is 3. The molecule has 1 saturated carbocycles. The first-order valence-electron chi connectivity index (χ1n) is 7.58. The van der Waals surface area contributed by atoms with E-state index in [1.54, 1.807) is 28.8 Å². The Morgan fingerprint density at radius 3 is 3.13 bits per heavy atom. The van der Waals surface area contributed by atoms with Crippen molar-refractivity contribution in [3.8, 4) is 0 Å². The van der Waals surface area contributed by atoms with Crippen LogP contribution >= 0.6 is 11.3 Å². The zero-order chi connectivity index (χ0) is 15.8. The lowest BCUT2D eigenvalue weighted by Gasteiger charge is -2.17. The first-order valence-corrected chi connectivity index (χ1v) is 8.46. The molecule has 3 aromatic rings. The minimum atomic E-state index is -0.151. The summed E-state index contributed by atoms with van der Waals surface area (Å²) in [6, 6.07) is 7.66. The summed E-state index contributed by atoms with van der Waals surface area (Å²) in [5.41, 5.74) is 5.53. The average molecular weight is 327 g/mol. The number of aromatic amines is 1. The molecule has 1 aliphatic rings. The quantitative estimate of drug-likeness (QED) is 0.769. The van der Waals surface area contributed by atoms with Crippen molar-refractivity contribution in [2.24, 2.45) is 0 Å². The van der Waals surface area contributed by atoms with Gasteiger partial charge in [-0.05, 0) is 37.1 Å². The lowest BCUT2D eigenvalue weighted by molar-refractivity contribution is 0.220. The predicted molar refractivity (Wildman–Crippen MR) is 90.7 cm³/mol. The van der Waals surface area contributed by atoms with Gasteiger partial charge in [0.25, 0.3) is 0 Å². The number of hydrogen-bond acceptors (Lipinski definition) is 4. The molecule has 2 amide bonds. The first kappa shape index (κ1) is 14.2. The number of urea groups is 1. The van der Waals surface area contributed by atoms with Gasteiger partial charge in [-0.1, -0.05) is 0 Å². The van der Waals surface area contributed by atoms with E-state index >= 15 is 0 Å². The zero-order valence-electron chi connectivity index (χ0n) is 12.7. The first-order chi connectivity index (χ1) is 11.2. The van der Waals surface area contributed by atoms with Crippen molar-refractivity contribution in [3.05, 3.63) is 41.2 Å². The molecule has 0 unspecified atom stereocenters. The summed E-state index contributed by atoms with van der Waals surface area (Å²) in [5, 5.41) is 10.2. The van der Waals surface area contributed by atoms with Gasteiger partial charge in [0.15, 0.2) is 0 Å². The van der Waals surface area contributed by atoms with Gasteiger partial charge in [0.1, 0.15) is 0 Å². The number of benzene rings is 1. The normalized spacial score (nSPS) is 14.1. The summed E-state index contributed by atoms with van der Waals surface area (Å²) >= 11 is 1.59. The molecular weight excluding hydrogens is 310 g/mol. The number of nitrogens with one attached hydrogen (secondary N) is 2. The summed E-state index contributed by atoms with van der Waals surface area (Å²) in [5.74, 6) is 0.615. The molecule has 0 spiro atoms. The molecule has 0 aliphatic heterocycles. The number of carbonyl (C=O) groups is 1. The number of thiazole rings is 1. The van der Waals surface area contributed by atoms with Gasteiger partial charge in [-0.3, -0.25) is 5.10 Å². The molecule has 2 aromatic heterocycles. The zero-order valence-corrected chi connectivity index (χ0v) is 13.6. The molecular formula is C16H17N5OS. The van der Waals surface area contributed by atoms with E-state index in [1.807, 2.05) is 18.2 Å². The Labute approximate surface area is 137 Å². The molecule has 0 bridgehead atoms. The van der Waals surface area contributed by atoms with Crippen LogP contribution in [0.15, 0.2) is 29.8 Å². The third kappa shape index (κ3) is 3.05. The Hall–Kier alpha value is -2.41. The maximum Gasteiger partial charge on any atom is 0.321 e. The Morgan fingerprint density at radius 1 is 1.43 bits per heavy atom. The van der Waals surface area contributed by atoms with Crippen molar-refractivity contribution >= 4 is 33.3 Å². The van der Waals surface area contributed by atoms with Crippen LogP contribution in [-0.4, -0.2) is 33.2 Å². The summed E-state index contributed by atoms with van der Waals surface area (Å²) < 4.78 is 1.11. The monoisotopic (exact) mass is 327 g/mol. The molecule has 1 aromatic carbocycles. The van der Waals surface area contributed by atoms with Crippen LogP contribution in [0.3, 0.4) is 0 Å². The summed E-state index contributed by atoms with van der Waals surface area (Å²) in [6.07, 6.45) is 2.44.